The number of unbranched alkanes of at least 4 members (excludes halogenated alkanes) is 9. The Morgan fingerprint density at radius 2 is 1.48 bits per heavy atom. The number of hydrogen-bond donors (Lipinski definition) is 3. The largest absolute Gasteiger partial charge is 0.462 e. The van der Waals surface area contributed by atoms with E-state index >= 15 is 0 Å². The van der Waals surface area contributed by atoms with Crippen molar-refractivity contribution >= 4 is 5.97 Å². The van der Waals surface area contributed by atoms with E-state index in [1.807, 2.05) is 0 Å². The van der Waals surface area contributed by atoms with E-state index in [2.05, 4.69) is 19.2 Å². The van der Waals surface area contributed by atoms with Crippen LogP contribution >= 0.6 is 0 Å². The molecule has 0 aromatic heterocycles. The molecule has 0 aromatic rings. The van der Waals surface area contributed by atoms with Gasteiger partial charge in [-0.2, -0.15) is 0 Å². The minimum absolute atomic E-state index is 0. The van der Waals surface area contributed by atoms with Crippen molar-refractivity contribution in [2.75, 3.05) is 19.7 Å². The zero-order valence-electron chi connectivity index (χ0n) is 18.6. The van der Waals surface area contributed by atoms with Gasteiger partial charge in [-0.1, -0.05) is 79.1 Å². The van der Waals surface area contributed by atoms with E-state index in [-0.39, 0.29) is 26.1 Å². The monoisotopic (exact) mass is 417 g/mol. The summed E-state index contributed by atoms with van der Waals surface area (Å²) in [6.45, 7) is 5.50. The summed E-state index contributed by atoms with van der Waals surface area (Å²) in [6, 6.07) is 0. The second-order valence-electron chi connectivity index (χ2n) is 8.02. The molecule has 0 aliphatic carbocycles. The van der Waals surface area contributed by atoms with Crippen molar-refractivity contribution in [3.05, 3.63) is 0 Å². The topological polar surface area (TPSA) is 78.8 Å². The highest BCUT2D eigenvalue weighted by atomic mass is 16.5. The van der Waals surface area contributed by atoms with Gasteiger partial charge in [0.25, 0.3) is 0 Å². The van der Waals surface area contributed by atoms with Crippen LogP contribution in [-0.2, 0) is 9.53 Å². The van der Waals surface area contributed by atoms with Crippen LogP contribution in [0.2, 0.25) is 0 Å². The first kappa shape index (κ1) is 30.5. The second kappa shape index (κ2) is 23.6. The average Bonchev–Trinajstić information content (AvgIpc) is 2.69. The number of carbonyl (C=O) groups is 1. The number of nitrogens with one attached hydrogen (secondary N) is 1. The van der Waals surface area contributed by atoms with Crippen molar-refractivity contribution in [1.82, 2.24) is 5.32 Å². The quantitative estimate of drug-likeness (QED) is 0.173. The number of ether oxygens (including phenoxy) is 1. The molecule has 5 heteroatoms. The molecule has 0 fully saturated rings. The van der Waals surface area contributed by atoms with Crippen molar-refractivity contribution in [2.45, 2.75) is 130 Å². The smallest absolute Gasteiger partial charge is 0.306 e. The summed E-state index contributed by atoms with van der Waals surface area (Å²) >= 11 is 0. The summed E-state index contributed by atoms with van der Waals surface area (Å²) in [5, 5.41) is 21.1. The molecular weight excluding hydrogens is 366 g/mol. The molecule has 0 bridgehead atoms. The van der Waals surface area contributed by atoms with E-state index in [4.69, 9.17) is 9.84 Å². The first-order valence-electron chi connectivity index (χ1n) is 11.8. The predicted molar refractivity (Wildman–Crippen MR) is 123 cm³/mol. The van der Waals surface area contributed by atoms with Gasteiger partial charge in [0.1, 0.15) is 6.10 Å². The molecule has 0 aromatic carbocycles. The van der Waals surface area contributed by atoms with Crippen LogP contribution < -0.4 is 5.32 Å². The Morgan fingerprint density at radius 1 is 0.862 bits per heavy atom. The van der Waals surface area contributed by atoms with E-state index in [0.29, 0.717) is 13.0 Å². The van der Waals surface area contributed by atoms with Crippen LogP contribution in [0.1, 0.15) is 118 Å². The molecule has 3 N–H and O–H groups in total. The first-order valence-corrected chi connectivity index (χ1v) is 11.8. The van der Waals surface area contributed by atoms with E-state index in [0.717, 1.165) is 57.9 Å². The van der Waals surface area contributed by atoms with Gasteiger partial charge in [-0.25, -0.2) is 0 Å². The third kappa shape index (κ3) is 21.9. The standard InChI is InChI=1S/C23H47NO4.CH4/c1-3-5-6-7-9-12-16-22(15-4-2)28-23(27)17-13-10-8-11-14-18-24-19-21(26)20-25;/h21-22,24-26H,3-20H2,1-2H3;1H4. The number of aliphatic hydroxyl groups excluding tert-OH is 2. The van der Waals surface area contributed by atoms with Gasteiger partial charge < -0.3 is 20.3 Å². The lowest BCUT2D eigenvalue weighted by atomic mass is 10.0. The summed E-state index contributed by atoms with van der Waals surface area (Å²) in [5.41, 5.74) is 0. The van der Waals surface area contributed by atoms with Crippen molar-refractivity contribution in [2.24, 2.45) is 0 Å². The fraction of sp³-hybridized carbons (Fsp3) is 0.958. The lowest BCUT2D eigenvalue weighted by Gasteiger charge is -2.17. The molecule has 0 saturated heterocycles. The maximum atomic E-state index is 12.1. The summed E-state index contributed by atoms with van der Waals surface area (Å²) in [4.78, 5) is 12.1. The van der Waals surface area contributed by atoms with Gasteiger partial charge >= 0.3 is 5.97 Å². The Labute approximate surface area is 181 Å². The van der Waals surface area contributed by atoms with Gasteiger partial charge in [-0.3, -0.25) is 4.79 Å². The van der Waals surface area contributed by atoms with E-state index in [1.165, 1.54) is 38.5 Å². The number of esters is 1. The highest BCUT2D eigenvalue weighted by Gasteiger charge is 2.13. The van der Waals surface area contributed by atoms with Crippen molar-refractivity contribution < 1.29 is 19.7 Å². The number of hydrogen-bond acceptors (Lipinski definition) is 5. The summed E-state index contributed by atoms with van der Waals surface area (Å²) < 4.78 is 5.72. The Balaban J connectivity index is 0. The SMILES string of the molecule is C.CCCCCCCCC(CCC)OC(=O)CCCCCCCNCC(O)CO. The molecule has 0 rings (SSSR count). The van der Waals surface area contributed by atoms with Gasteiger partial charge in [0.05, 0.1) is 12.7 Å². The lowest BCUT2D eigenvalue weighted by molar-refractivity contribution is -0.150. The maximum Gasteiger partial charge on any atom is 0.306 e. The molecule has 29 heavy (non-hydrogen) atoms. The first-order chi connectivity index (χ1) is 13.6. The van der Waals surface area contributed by atoms with Crippen molar-refractivity contribution in [3.63, 3.8) is 0 Å². The molecule has 5 nitrogen and oxygen atoms in total. The molecule has 0 amide bonds. The predicted octanol–water partition coefficient (Wildman–Crippen LogP) is 5.37. The van der Waals surface area contributed by atoms with Gasteiger partial charge in [0.2, 0.25) is 0 Å². The van der Waals surface area contributed by atoms with Gasteiger partial charge in [0.15, 0.2) is 0 Å². The molecule has 0 saturated carbocycles. The van der Waals surface area contributed by atoms with Gasteiger partial charge in [-0.15, -0.1) is 0 Å². The zero-order valence-corrected chi connectivity index (χ0v) is 18.6. The van der Waals surface area contributed by atoms with Crippen molar-refractivity contribution in [1.29, 1.82) is 0 Å². The molecule has 0 heterocycles. The minimum Gasteiger partial charge on any atom is -0.462 e. The second-order valence-corrected chi connectivity index (χ2v) is 8.02. The van der Waals surface area contributed by atoms with Crippen LogP contribution in [0.4, 0.5) is 0 Å². The molecular formula is C24H51NO4. The molecule has 0 aliphatic rings. The molecule has 0 aliphatic heterocycles. The van der Waals surface area contributed by atoms with E-state index in [9.17, 15) is 9.90 Å². The molecule has 2 unspecified atom stereocenters. The molecule has 176 valence electrons. The Hall–Kier alpha value is -0.650. The van der Waals surface area contributed by atoms with Crippen LogP contribution in [0.5, 0.6) is 0 Å². The Morgan fingerprint density at radius 3 is 2.14 bits per heavy atom. The van der Waals surface area contributed by atoms with Crippen LogP contribution in [-0.4, -0.2) is 48.1 Å². The highest BCUT2D eigenvalue weighted by molar-refractivity contribution is 5.69. The van der Waals surface area contributed by atoms with Crippen LogP contribution in [0.3, 0.4) is 0 Å². The zero-order chi connectivity index (χ0) is 20.9. The van der Waals surface area contributed by atoms with Gasteiger partial charge in [-0.05, 0) is 38.6 Å². The molecule has 0 radical (unpaired) electrons. The number of rotatable bonds is 21. The van der Waals surface area contributed by atoms with Gasteiger partial charge in [0, 0.05) is 13.0 Å². The highest BCUT2D eigenvalue weighted by Crippen LogP contribution is 2.15. The van der Waals surface area contributed by atoms with E-state index in [1.54, 1.807) is 0 Å². The third-order valence-corrected chi connectivity index (χ3v) is 5.11. The Kier molecular flexibility index (Phi) is 24.9. The summed E-state index contributed by atoms with van der Waals surface area (Å²) in [5.74, 6) is -0.0240. The van der Waals surface area contributed by atoms with Crippen LogP contribution in [0.15, 0.2) is 0 Å². The summed E-state index contributed by atoms with van der Waals surface area (Å²) in [7, 11) is 0. The normalized spacial score (nSPS) is 13.0. The molecule has 0 spiro atoms. The van der Waals surface area contributed by atoms with Crippen LogP contribution in [0.25, 0.3) is 0 Å². The van der Waals surface area contributed by atoms with E-state index < -0.39 is 6.10 Å². The molecule has 2 atom stereocenters. The average molecular weight is 418 g/mol. The van der Waals surface area contributed by atoms with Crippen LogP contribution in [0, 0.1) is 0 Å². The maximum absolute atomic E-state index is 12.1. The number of aliphatic hydroxyl groups is 2. The fourth-order valence-corrected chi connectivity index (χ4v) is 3.36. The summed E-state index contributed by atoms with van der Waals surface area (Å²) in [6.07, 6.45) is 16.0. The fourth-order valence-electron chi connectivity index (χ4n) is 3.36. The van der Waals surface area contributed by atoms with Crippen molar-refractivity contribution in [3.8, 4) is 0 Å². The number of carbonyl (C=O) groups excluding carboxylic acids is 1. The Bertz CT molecular complexity index is 339. The minimum atomic E-state index is -0.663. The lowest BCUT2D eigenvalue weighted by Crippen LogP contribution is -2.29. The third-order valence-electron chi connectivity index (χ3n) is 5.11.